The summed E-state index contributed by atoms with van der Waals surface area (Å²) in [6.07, 6.45) is -1.85. The van der Waals surface area contributed by atoms with Crippen LogP contribution < -0.4 is 0 Å². The molecular weight excluding hydrogens is 240 g/mol. The molecule has 3 aliphatic heterocycles. The topological polar surface area (TPSA) is 63.2 Å². The number of ether oxygens (including phenoxy) is 5. The van der Waals surface area contributed by atoms with Crippen LogP contribution in [-0.4, -0.2) is 48.6 Å². The fourth-order valence-electron chi connectivity index (χ4n) is 2.64. The van der Waals surface area contributed by atoms with Crippen LogP contribution in [0.15, 0.2) is 0 Å². The zero-order chi connectivity index (χ0) is 13.1. The molecule has 3 fully saturated rings. The van der Waals surface area contributed by atoms with Crippen LogP contribution in [0.5, 0.6) is 0 Å². The molecular formula is C12H18O6. The quantitative estimate of drug-likeness (QED) is 0.641. The van der Waals surface area contributed by atoms with Crippen molar-refractivity contribution in [1.29, 1.82) is 0 Å². The van der Waals surface area contributed by atoms with E-state index < -0.39 is 29.9 Å². The van der Waals surface area contributed by atoms with Crippen LogP contribution in [0.3, 0.4) is 0 Å². The number of carbonyl (C=O) groups excluding carboxylic acids is 1. The first kappa shape index (κ1) is 12.3. The van der Waals surface area contributed by atoms with Gasteiger partial charge in [-0.3, -0.25) is 0 Å². The lowest BCUT2D eigenvalue weighted by Gasteiger charge is -2.25. The Bertz CT molecular complexity index is 377. The Labute approximate surface area is 105 Å². The lowest BCUT2D eigenvalue weighted by molar-refractivity contribution is -0.200. The van der Waals surface area contributed by atoms with Gasteiger partial charge in [-0.15, -0.1) is 0 Å². The summed E-state index contributed by atoms with van der Waals surface area (Å²) in [6.45, 7) is 7.61. The van der Waals surface area contributed by atoms with Gasteiger partial charge in [0.25, 0.3) is 0 Å². The van der Waals surface area contributed by atoms with Crippen molar-refractivity contribution in [2.24, 2.45) is 0 Å². The molecule has 4 atom stereocenters. The number of carbonyl (C=O) groups is 1. The molecule has 0 unspecified atom stereocenters. The van der Waals surface area contributed by atoms with Crippen LogP contribution in [0.4, 0.5) is 0 Å². The van der Waals surface area contributed by atoms with Crippen molar-refractivity contribution in [3.05, 3.63) is 0 Å². The SMILES string of the molecule is CC1(C)O[C@@H]2[C@H]([C@H]3COC(C)(C)O3)OC(=O)[C@H]2O1. The van der Waals surface area contributed by atoms with Crippen molar-refractivity contribution in [2.45, 2.75) is 63.7 Å². The first-order valence-electron chi connectivity index (χ1n) is 6.15. The molecule has 0 spiro atoms. The van der Waals surface area contributed by atoms with E-state index in [9.17, 15) is 4.79 Å². The molecule has 3 heterocycles. The normalized spacial score (nSPS) is 45.0. The monoisotopic (exact) mass is 258 g/mol. The lowest BCUT2D eigenvalue weighted by atomic mass is 10.1. The number of cyclic esters (lactones) is 1. The Hall–Kier alpha value is -0.690. The predicted octanol–water partition coefficient (Wildman–Crippen LogP) is 0.583. The molecule has 3 aliphatic rings. The number of esters is 1. The molecule has 0 aliphatic carbocycles. The molecule has 0 bridgehead atoms. The second kappa shape index (κ2) is 3.66. The number of hydrogen-bond acceptors (Lipinski definition) is 6. The molecule has 3 saturated heterocycles. The van der Waals surface area contributed by atoms with E-state index in [1.165, 1.54) is 0 Å². The smallest absolute Gasteiger partial charge is 0.338 e. The highest BCUT2D eigenvalue weighted by molar-refractivity contribution is 5.78. The Morgan fingerprint density at radius 2 is 1.72 bits per heavy atom. The highest BCUT2D eigenvalue weighted by Crippen LogP contribution is 2.39. The summed E-state index contributed by atoms with van der Waals surface area (Å²) in [5, 5.41) is 0. The maximum atomic E-state index is 11.7. The van der Waals surface area contributed by atoms with E-state index in [1.807, 2.05) is 13.8 Å². The van der Waals surface area contributed by atoms with E-state index in [2.05, 4.69) is 0 Å². The minimum Gasteiger partial charge on any atom is -0.455 e. The van der Waals surface area contributed by atoms with Crippen molar-refractivity contribution in [1.82, 2.24) is 0 Å². The van der Waals surface area contributed by atoms with Crippen molar-refractivity contribution in [2.75, 3.05) is 6.61 Å². The lowest BCUT2D eigenvalue weighted by Crippen LogP contribution is -2.40. The third-order valence-corrected chi connectivity index (χ3v) is 3.33. The van der Waals surface area contributed by atoms with Crippen LogP contribution in [0.25, 0.3) is 0 Å². The van der Waals surface area contributed by atoms with Gasteiger partial charge in [0.15, 0.2) is 23.8 Å². The van der Waals surface area contributed by atoms with E-state index in [1.54, 1.807) is 13.8 Å². The largest absolute Gasteiger partial charge is 0.455 e. The van der Waals surface area contributed by atoms with Crippen molar-refractivity contribution >= 4 is 5.97 Å². The van der Waals surface area contributed by atoms with Gasteiger partial charge in [-0.05, 0) is 27.7 Å². The summed E-state index contributed by atoms with van der Waals surface area (Å²) in [5.41, 5.74) is 0. The molecule has 0 aromatic rings. The molecule has 18 heavy (non-hydrogen) atoms. The van der Waals surface area contributed by atoms with Gasteiger partial charge in [-0.1, -0.05) is 0 Å². The maximum Gasteiger partial charge on any atom is 0.338 e. The number of hydrogen-bond donors (Lipinski definition) is 0. The summed E-state index contributed by atoms with van der Waals surface area (Å²) in [7, 11) is 0. The summed E-state index contributed by atoms with van der Waals surface area (Å²) in [4.78, 5) is 11.7. The molecule has 102 valence electrons. The molecule has 0 radical (unpaired) electrons. The third-order valence-electron chi connectivity index (χ3n) is 3.33. The molecule has 3 rings (SSSR count). The molecule has 0 N–H and O–H groups in total. The first-order valence-corrected chi connectivity index (χ1v) is 6.15. The average molecular weight is 258 g/mol. The Morgan fingerprint density at radius 1 is 1.00 bits per heavy atom. The highest BCUT2D eigenvalue weighted by atomic mass is 16.8. The van der Waals surface area contributed by atoms with Gasteiger partial charge in [0, 0.05) is 0 Å². The van der Waals surface area contributed by atoms with Gasteiger partial charge >= 0.3 is 5.97 Å². The minimum absolute atomic E-state index is 0.309. The fraction of sp³-hybridized carbons (Fsp3) is 0.917. The second-order valence-electron chi connectivity index (χ2n) is 5.79. The highest BCUT2D eigenvalue weighted by Gasteiger charge is 2.59. The molecule has 0 aromatic carbocycles. The predicted molar refractivity (Wildman–Crippen MR) is 58.6 cm³/mol. The van der Waals surface area contributed by atoms with Crippen molar-refractivity contribution in [3.8, 4) is 0 Å². The standard InChI is InChI=1S/C12H18O6/c1-11(2)14-5-6(16-11)7-8-9(10(13)15-7)18-12(3,4)17-8/h6-9H,5H2,1-4H3/t6-,7+,8-,9+/m1/s1. The molecule has 0 saturated carbocycles. The third kappa shape index (κ3) is 1.93. The van der Waals surface area contributed by atoms with Crippen molar-refractivity contribution < 1.29 is 28.5 Å². The van der Waals surface area contributed by atoms with Crippen LogP contribution in [-0.2, 0) is 28.5 Å². The summed E-state index contributed by atoms with van der Waals surface area (Å²) < 4.78 is 27.8. The molecule has 0 aromatic heterocycles. The molecule has 6 nitrogen and oxygen atoms in total. The van der Waals surface area contributed by atoms with E-state index in [4.69, 9.17) is 23.7 Å². The zero-order valence-corrected chi connectivity index (χ0v) is 11.0. The fourth-order valence-corrected chi connectivity index (χ4v) is 2.64. The van der Waals surface area contributed by atoms with Gasteiger partial charge in [0.05, 0.1) is 6.61 Å². The van der Waals surface area contributed by atoms with Gasteiger partial charge in [0.2, 0.25) is 0 Å². The van der Waals surface area contributed by atoms with Gasteiger partial charge < -0.3 is 23.7 Å². The van der Waals surface area contributed by atoms with Gasteiger partial charge in [0.1, 0.15) is 12.2 Å². The van der Waals surface area contributed by atoms with E-state index >= 15 is 0 Å². The first-order chi connectivity index (χ1) is 8.27. The molecule has 0 amide bonds. The van der Waals surface area contributed by atoms with Crippen LogP contribution in [0.2, 0.25) is 0 Å². The number of rotatable bonds is 1. The van der Waals surface area contributed by atoms with Gasteiger partial charge in [-0.25, -0.2) is 4.79 Å². The molecule has 6 heteroatoms. The minimum atomic E-state index is -0.762. The van der Waals surface area contributed by atoms with E-state index in [0.717, 1.165) is 0 Å². The van der Waals surface area contributed by atoms with Crippen molar-refractivity contribution in [3.63, 3.8) is 0 Å². The Kier molecular flexibility index (Phi) is 2.51. The summed E-state index contributed by atoms with van der Waals surface area (Å²) in [5.74, 6) is -1.80. The van der Waals surface area contributed by atoms with E-state index in [0.29, 0.717) is 6.61 Å². The summed E-state index contributed by atoms with van der Waals surface area (Å²) in [6, 6.07) is 0. The number of fused-ring (bicyclic) bond motifs is 1. The average Bonchev–Trinajstić information content (AvgIpc) is 2.81. The van der Waals surface area contributed by atoms with Gasteiger partial charge in [-0.2, -0.15) is 0 Å². The Morgan fingerprint density at radius 3 is 2.33 bits per heavy atom. The van der Waals surface area contributed by atoms with E-state index in [-0.39, 0.29) is 12.1 Å². The zero-order valence-electron chi connectivity index (χ0n) is 11.0. The van der Waals surface area contributed by atoms with Crippen LogP contribution in [0, 0.1) is 0 Å². The maximum absolute atomic E-state index is 11.7. The summed E-state index contributed by atoms with van der Waals surface area (Å²) >= 11 is 0. The van der Waals surface area contributed by atoms with Crippen LogP contribution >= 0.6 is 0 Å². The van der Waals surface area contributed by atoms with Crippen LogP contribution in [0.1, 0.15) is 27.7 Å². The second-order valence-corrected chi connectivity index (χ2v) is 5.79. The Balaban J connectivity index is 1.77.